The summed E-state index contributed by atoms with van der Waals surface area (Å²) < 4.78 is 11.0. The highest BCUT2D eigenvalue weighted by atomic mass is 32.2. The van der Waals surface area contributed by atoms with Crippen LogP contribution in [0.1, 0.15) is 30.6 Å². The largest absolute Gasteiger partial charge is 0.493 e. The van der Waals surface area contributed by atoms with E-state index in [9.17, 15) is 9.59 Å². The summed E-state index contributed by atoms with van der Waals surface area (Å²) in [5.74, 6) is 1.55. The summed E-state index contributed by atoms with van der Waals surface area (Å²) >= 11 is 5.84. The van der Waals surface area contributed by atoms with Gasteiger partial charge in [0.15, 0.2) is 0 Å². The lowest BCUT2D eigenvalue weighted by Gasteiger charge is -2.20. The first-order valence-corrected chi connectivity index (χ1v) is 14.1. The number of carbonyl (C=O) groups excluding carboxylic acids is 2. The Hall–Kier alpha value is -2.42. The number of nitrogens with two attached hydrogens (primary N) is 1. The van der Waals surface area contributed by atoms with Crippen LogP contribution >= 0.6 is 24.4 Å². The molecule has 36 heavy (non-hydrogen) atoms. The molecule has 2 aromatic rings. The van der Waals surface area contributed by atoms with Crippen molar-refractivity contribution in [1.29, 1.82) is 0 Å². The van der Waals surface area contributed by atoms with E-state index >= 15 is 0 Å². The molecule has 2 rings (SSSR count). The minimum Gasteiger partial charge on any atom is -0.493 e. The van der Waals surface area contributed by atoms with Crippen LogP contribution < -0.4 is 15.8 Å². The molecule has 3 unspecified atom stereocenters. The fourth-order valence-electron chi connectivity index (χ4n) is 3.54. The lowest BCUT2D eigenvalue weighted by Crippen LogP contribution is -2.42. The molecule has 0 aliphatic carbocycles. The van der Waals surface area contributed by atoms with Crippen LogP contribution in [-0.2, 0) is 9.53 Å². The SMILES string of the molecule is COC(=O)C(CCSC)NC(=O)c1cc(OCC(/C=C/C(N)CS)C(C)C)ccc1-c1ccccc1. The standard InChI is InChI=1S/C28H38N2O4S2/c1-19(2)21(10-11-22(29)18-35)17-34-23-12-13-24(20-8-6-5-7-9-20)25(16-23)27(31)30-26(14-15-36-4)28(32)33-3/h5-13,16,19,21-22,26,35H,14-15,17-18,29H2,1-4H3,(H,30,31)/b11-10+. The van der Waals surface area contributed by atoms with Crippen LogP contribution in [0.15, 0.2) is 60.7 Å². The Morgan fingerprint density at radius 2 is 1.86 bits per heavy atom. The van der Waals surface area contributed by atoms with Crippen LogP contribution in [-0.4, -0.2) is 55.4 Å². The summed E-state index contributed by atoms with van der Waals surface area (Å²) in [6, 6.07) is 14.3. The molecule has 1 amide bonds. The average molecular weight is 531 g/mol. The summed E-state index contributed by atoms with van der Waals surface area (Å²) in [4.78, 5) is 25.7. The van der Waals surface area contributed by atoms with Crippen molar-refractivity contribution in [2.24, 2.45) is 17.6 Å². The molecule has 0 spiro atoms. The van der Waals surface area contributed by atoms with Gasteiger partial charge in [-0.1, -0.05) is 56.3 Å². The molecule has 0 fully saturated rings. The minimum absolute atomic E-state index is 0.107. The van der Waals surface area contributed by atoms with Gasteiger partial charge in [0.05, 0.1) is 19.3 Å². The second-order valence-electron chi connectivity index (χ2n) is 8.85. The van der Waals surface area contributed by atoms with Gasteiger partial charge in [0, 0.05) is 17.7 Å². The number of hydrogen-bond donors (Lipinski definition) is 3. The molecule has 0 aliphatic rings. The number of amides is 1. The summed E-state index contributed by atoms with van der Waals surface area (Å²) in [7, 11) is 1.33. The van der Waals surface area contributed by atoms with E-state index in [2.05, 4.69) is 37.9 Å². The van der Waals surface area contributed by atoms with Gasteiger partial charge in [0.1, 0.15) is 11.8 Å². The van der Waals surface area contributed by atoms with Gasteiger partial charge < -0.3 is 20.5 Å². The maximum Gasteiger partial charge on any atom is 0.328 e. The molecule has 0 aliphatic heterocycles. The van der Waals surface area contributed by atoms with Gasteiger partial charge in [0.25, 0.3) is 5.91 Å². The van der Waals surface area contributed by atoms with E-state index in [1.807, 2.05) is 54.8 Å². The highest BCUT2D eigenvalue weighted by Crippen LogP contribution is 2.28. The molecule has 3 atom stereocenters. The normalized spacial score (nSPS) is 13.9. The zero-order valence-corrected chi connectivity index (χ0v) is 23.2. The fourth-order valence-corrected chi connectivity index (χ4v) is 4.14. The molecule has 6 nitrogen and oxygen atoms in total. The van der Waals surface area contributed by atoms with Crippen molar-refractivity contribution in [2.75, 3.05) is 31.5 Å². The van der Waals surface area contributed by atoms with E-state index in [0.29, 0.717) is 36.0 Å². The van der Waals surface area contributed by atoms with Crippen molar-refractivity contribution in [2.45, 2.75) is 32.4 Å². The second kappa shape index (κ2) is 15.6. The van der Waals surface area contributed by atoms with Gasteiger partial charge in [-0.3, -0.25) is 4.79 Å². The Bertz CT molecular complexity index is 998. The van der Waals surface area contributed by atoms with E-state index in [-0.39, 0.29) is 17.9 Å². The lowest BCUT2D eigenvalue weighted by atomic mass is 9.95. The third kappa shape index (κ3) is 9.22. The quantitative estimate of drug-likeness (QED) is 0.184. The van der Waals surface area contributed by atoms with Gasteiger partial charge in [-0.25, -0.2) is 4.79 Å². The molecule has 0 heterocycles. The first-order chi connectivity index (χ1) is 17.3. The molecule has 0 bridgehead atoms. The Labute approximate surface area is 224 Å². The molecule has 3 N–H and O–H groups in total. The number of rotatable bonds is 14. The number of methoxy groups -OCH3 is 1. The molecule has 0 radical (unpaired) electrons. The Morgan fingerprint density at radius 1 is 1.14 bits per heavy atom. The summed E-state index contributed by atoms with van der Waals surface area (Å²) in [5.41, 5.74) is 8.07. The summed E-state index contributed by atoms with van der Waals surface area (Å²) in [6.07, 6.45) is 6.47. The van der Waals surface area contributed by atoms with E-state index in [0.717, 1.165) is 16.9 Å². The van der Waals surface area contributed by atoms with Gasteiger partial charge in [-0.15, -0.1) is 0 Å². The van der Waals surface area contributed by atoms with Crippen molar-refractivity contribution < 1.29 is 19.1 Å². The molecule has 0 saturated heterocycles. The van der Waals surface area contributed by atoms with Crippen LogP contribution in [0, 0.1) is 11.8 Å². The zero-order valence-electron chi connectivity index (χ0n) is 21.5. The summed E-state index contributed by atoms with van der Waals surface area (Å²) in [6.45, 7) is 4.70. The van der Waals surface area contributed by atoms with Crippen LogP contribution in [0.25, 0.3) is 11.1 Å². The van der Waals surface area contributed by atoms with Crippen molar-refractivity contribution in [3.63, 3.8) is 0 Å². The highest BCUT2D eigenvalue weighted by Gasteiger charge is 2.24. The van der Waals surface area contributed by atoms with Gasteiger partial charge in [-0.2, -0.15) is 24.4 Å². The number of nitrogens with one attached hydrogen (secondary N) is 1. The third-order valence-electron chi connectivity index (χ3n) is 5.84. The zero-order chi connectivity index (χ0) is 26.5. The smallest absolute Gasteiger partial charge is 0.328 e. The second-order valence-corrected chi connectivity index (χ2v) is 10.2. The van der Waals surface area contributed by atoms with Gasteiger partial charge in [0.2, 0.25) is 0 Å². The Morgan fingerprint density at radius 3 is 2.47 bits per heavy atom. The van der Waals surface area contributed by atoms with Crippen LogP contribution in [0.5, 0.6) is 5.75 Å². The molecule has 196 valence electrons. The van der Waals surface area contributed by atoms with Gasteiger partial charge >= 0.3 is 5.97 Å². The topological polar surface area (TPSA) is 90.6 Å². The number of hydrogen-bond acceptors (Lipinski definition) is 7. The number of thioether (sulfide) groups is 1. The first kappa shape index (κ1) is 29.8. The van der Waals surface area contributed by atoms with Crippen molar-refractivity contribution in [1.82, 2.24) is 5.32 Å². The maximum absolute atomic E-state index is 13.4. The number of esters is 1. The molecular weight excluding hydrogens is 492 g/mol. The highest BCUT2D eigenvalue weighted by molar-refractivity contribution is 7.98. The number of ether oxygens (including phenoxy) is 2. The number of benzene rings is 2. The maximum atomic E-state index is 13.4. The Kier molecular flexibility index (Phi) is 12.9. The van der Waals surface area contributed by atoms with E-state index < -0.39 is 12.0 Å². The Balaban J connectivity index is 2.33. The molecule has 2 aromatic carbocycles. The number of thiol groups is 1. The van der Waals surface area contributed by atoms with E-state index in [4.69, 9.17) is 15.2 Å². The summed E-state index contributed by atoms with van der Waals surface area (Å²) in [5, 5.41) is 2.86. The molecule has 0 saturated carbocycles. The predicted molar refractivity (Wildman–Crippen MR) is 153 cm³/mol. The van der Waals surface area contributed by atoms with Crippen molar-refractivity contribution in [3.05, 3.63) is 66.2 Å². The van der Waals surface area contributed by atoms with Crippen LogP contribution in [0.2, 0.25) is 0 Å². The predicted octanol–water partition coefficient (Wildman–Crippen LogP) is 4.84. The fraction of sp³-hybridized carbons (Fsp3) is 0.429. The molecular formula is C28H38N2O4S2. The molecule has 8 heteroatoms. The van der Waals surface area contributed by atoms with Crippen LogP contribution in [0.3, 0.4) is 0 Å². The van der Waals surface area contributed by atoms with Crippen LogP contribution in [0.4, 0.5) is 0 Å². The van der Waals surface area contributed by atoms with Crippen molar-refractivity contribution in [3.8, 4) is 16.9 Å². The van der Waals surface area contributed by atoms with Gasteiger partial charge in [-0.05, 0) is 53.7 Å². The number of carbonyl (C=O) groups is 2. The first-order valence-electron chi connectivity index (χ1n) is 12.0. The average Bonchev–Trinajstić information content (AvgIpc) is 2.90. The monoisotopic (exact) mass is 530 g/mol. The lowest BCUT2D eigenvalue weighted by molar-refractivity contribution is -0.142. The molecule has 0 aromatic heterocycles. The van der Waals surface area contributed by atoms with E-state index in [1.165, 1.54) is 7.11 Å². The minimum atomic E-state index is -0.727. The third-order valence-corrected chi connectivity index (χ3v) is 6.90. The van der Waals surface area contributed by atoms with Crippen molar-refractivity contribution >= 4 is 36.3 Å². The van der Waals surface area contributed by atoms with E-state index in [1.54, 1.807) is 17.8 Å².